The highest BCUT2D eigenvalue weighted by Crippen LogP contribution is 2.41. The Morgan fingerprint density at radius 2 is 1.56 bits per heavy atom. The Bertz CT molecular complexity index is 3790. The van der Waals surface area contributed by atoms with Crippen LogP contribution in [0.3, 0.4) is 0 Å². The minimum atomic E-state index is -4.76. The van der Waals surface area contributed by atoms with Crippen LogP contribution >= 0.6 is 22.7 Å². The minimum absolute atomic E-state index is 0.0430. The molecule has 2 aliphatic heterocycles. The second kappa shape index (κ2) is 24.6. The number of likely N-dealkylation sites (tertiary alicyclic amines) is 1. The number of β-amino-alcohol motifs (C(OH)–C–C–N with tert-alkyl or cyclic N) is 1. The highest BCUT2D eigenvalue weighted by atomic mass is 32.1. The summed E-state index contributed by atoms with van der Waals surface area (Å²) in [5, 5.41) is 30.3. The van der Waals surface area contributed by atoms with E-state index in [1.807, 2.05) is 72.5 Å². The van der Waals surface area contributed by atoms with E-state index in [2.05, 4.69) is 30.9 Å². The lowest BCUT2D eigenvalue weighted by molar-refractivity contribution is -0.153. The van der Waals surface area contributed by atoms with Crippen LogP contribution in [0.25, 0.3) is 31.8 Å². The van der Waals surface area contributed by atoms with Gasteiger partial charge in [0, 0.05) is 43.6 Å². The first-order valence-corrected chi connectivity index (χ1v) is 29.5. The van der Waals surface area contributed by atoms with Crippen molar-refractivity contribution in [2.75, 3.05) is 23.3 Å². The van der Waals surface area contributed by atoms with E-state index in [4.69, 9.17) is 4.74 Å². The number of carboxylic acid groups (broad SMARTS) is 1. The summed E-state index contributed by atoms with van der Waals surface area (Å²) in [4.78, 5) is 86.1. The number of nitrogens with one attached hydrogen (secondary N) is 3. The molecule has 0 bridgehead atoms. The Kier molecular flexibility index (Phi) is 17.2. The van der Waals surface area contributed by atoms with E-state index in [0.29, 0.717) is 58.5 Å². The van der Waals surface area contributed by atoms with E-state index in [1.165, 1.54) is 51.8 Å². The van der Waals surface area contributed by atoms with E-state index in [9.17, 15) is 47.4 Å². The topological polar surface area (TPSA) is 216 Å². The number of ether oxygens (including phenoxy) is 1. The predicted molar refractivity (Wildman–Crippen MR) is 321 cm³/mol. The molecule has 440 valence electrons. The van der Waals surface area contributed by atoms with Gasteiger partial charge in [-0.15, -0.1) is 11.3 Å². The van der Waals surface area contributed by atoms with Crippen LogP contribution in [0.4, 0.5) is 24.1 Å². The fourth-order valence-electron chi connectivity index (χ4n) is 11.0. The average molecular weight is 1190 g/mol. The van der Waals surface area contributed by atoms with Gasteiger partial charge in [0.05, 0.1) is 44.4 Å². The number of aliphatic hydroxyl groups excluding tert-OH is 1. The number of halogens is 3. The van der Waals surface area contributed by atoms with E-state index >= 15 is 0 Å². The fourth-order valence-corrected chi connectivity index (χ4v) is 12.7. The average Bonchev–Trinajstić information content (AvgIpc) is 4.00. The molecule has 5 aromatic carbocycles. The van der Waals surface area contributed by atoms with Crippen molar-refractivity contribution >= 4 is 73.4 Å². The summed E-state index contributed by atoms with van der Waals surface area (Å²) in [5.74, 6) is -4.66. The van der Waals surface area contributed by atoms with Crippen molar-refractivity contribution in [2.24, 2.45) is 5.41 Å². The minimum Gasteiger partial charge on any atom is -0.476 e. The van der Waals surface area contributed by atoms with Crippen LogP contribution in [-0.2, 0) is 27.3 Å². The molecule has 0 saturated carbocycles. The number of aromatic carboxylic acids is 1. The summed E-state index contributed by atoms with van der Waals surface area (Å²) >= 11 is 2.91. The third-order valence-electron chi connectivity index (χ3n) is 15.6. The molecule has 10 rings (SSSR count). The zero-order valence-corrected chi connectivity index (χ0v) is 49.1. The molecule has 5 heterocycles. The number of aromatic nitrogens is 3. The van der Waals surface area contributed by atoms with Crippen LogP contribution in [0.15, 0.2) is 127 Å². The van der Waals surface area contributed by atoms with Gasteiger partial charge in [0.2, 0.25) is 17.7 Å². The maximum Gasteiger partial charge on any atom is 0.395 e. The Labute approximate surface area is 497 Å². The van der Waals surface area contributed by atoms with Crippen LogP contribution < -0.4 is 25.6 Å². The van der Waals surface area contributed by atoms with Gasteiger partial charge < -0.3 is 35.4 Å². The first-order chi connectivity index (χ1) is 40.5. The maximum atomic E-state index is 14.9. The molecular formula is C64H63F3N8O8S2. The van der Waals surface area contributed by atoms with Gasteiger partial charge in [-0.3, -0.25) is 24.5 Å². The van der Waals surface area contributed by atoms with Gasteiger partial charge in [0.25, 0.3) is 5.91 Å². The number of aliphatic hydroxyl groups is 1. The molecule has 5 atom stereocenters. The number of carbonyl (C=O) groups excluding carboxylic acids is 4. The van der Waals surface area contributed by atoms with Gasteiger partial charge in [-0.25, -0.2) is 19.7 Å². The van der Waals surface area contributed by atoms with Gasteiger partial charge in [-0.05, 0) is 127 Å². The molecule has 5 N–H and O–H groups in total. The van der Waals surface area contributed by atoms with Crippen LogP contribution in [0.5, 0.6) is 11.5 Å². The van der Waals surface area contributed by atoms with Crippen molar-refractivity contribution in [3.8, 4) is 33.1 Å². The number of para-hydroxylation sites is 1. The first kappa shape index (κ1) is 59.6. The van der Waals surface area contributed by atoms with Gasteiger partial charge in [-0.1, -0.05) is 105 Å². The number of anilines is 2. The number of benzene rings is 5. The number of carbonyl (C=O) groups is 5. The van der Waals surface area contributed by atoms with Crippen molar-refractivity contribution in [1.82, 2.24) is 30.5 Å². The lowest BCUT2D eigenvalue weighted by atomic mass is 9.85. The number of aryl methyl sites for hydroxylation is 1. The van der Waals surface area contributed by atoms with Crippen LogP contribution in [0, 0.1) is 19.3 Å². The molecule has 0 aliphatic carbocycles. The number of hydrogen-bond donors (Lipinski definition) is 5. The summed E-state index contributed by atoms with van der Waals surface area (Å²) in [6.45, 7) is 11.2. The van der Waals surface area contributed by atoms with Crippen LogP contribution in [-0.4, -0.2) is 97.1 Å². The number of thiazole rings is 2. The molecule has 21 heteroatoms. The van der Waals surface area contributed by atoms with Crippen molar-refractivity contribution in [2.45, 2.75) is 110 Å². The maximum absolute atomic E-state index is 14.9. The summed E-state index contributed by atoms with van der Waals surface area (Å²) in [6, 6.07) is 31.9. The Balaban J connectivity index is 0.776. The lowest BCUT2D eigenvalue weighted by Crippen LogP contribution is -2.57. The van der Waals surface area contributed by atoms with Gasteiger partial charge in [-0.2, -0.15) is 13.2 Å². The highest BCUT2D eigenvalue weighted by molar-refractivity contribution is 7.22. The third-order valence-corrected chi connectivity index (χ3v) is 17.6. The molecule has 1 fully saturated rings. The highest BCUT2D eigenvalue weighted by Gasteiger charge is 2.46. The lowest BCUT2D eigenvalue weighted by Gasteiger charge is -2.35. The zero-order chi connectivity index (χ0) is 60.5. The van der Waals surface area contributed by atoms with Crippen molar-refractivity contribution < 1.29 is 52.1 Å². The molecule has 8 aromatic rings. The monoisotopic (exact) mass is 1190 g/mol. The molecule has 2 aliphatic rings. The van der Waals surface area contributed by atoms with Crippen molar-refractivity contribution in [3.05, 3.63) is 172 Å². The zero-order valence-electron chi connectivity index (χ0n) is 47.5. The SMILES string of the molecule is Cc1ncsc1-c1ccc([C@H](C)NC(=O)[C@@H]2C[C@@H](O)CN2C(=O)[C@@H](NC(=O)CC[C@H](c2ccc(Oc3cccc(-c4ccc(N5CCc6cccc(C(=O)Nc7nc8ccccc8s7)c6C5)nc4C(=O)O)c3C)cc2)C(F)(F)F)C(C)(C)C)cc1. The van der Waals surface area contributed by atoms with Gasteiger partial charge in [0.15, 0.2) is 10.8 Å². The summed E-state index contributed by atoms with van der Waals surface area (Å²) in [6.07, 6.45) is -6.48. The van der Waals surface area contributed by atoms with Gasteiger partial charge in [0.1, 0.15) is 29.4 Å². The number of alkyl halides is 3. The number of hydrogen-bond acceptors (Lipinski definition) is 13. The molecule has 85 heavy (non-hydrogen) atoms. The number of nitrogens with zero attached hydrogens (tertiary/aromatic N) is 5. The van der Waals surface area contributed by atoms with E-state index in [1.54, 1.807) is 76.5 Å². The molecule has 0 spiro atoms. The quantitative estimate of drug-likeness (QED) is 0.0576. The predicted octanol–water partition coefficient (Wildman–Crippen LogP) is 12.2. The number of amides is 4. The fraction of sp³-hybridized carbons (Fsp3) is 0.312. The molecule has 16 nitrogen and oxygen atoms in total. The summed E-state index contributed by atoms with van der Waals surface area (Å²) in [5.41, 5.74) is 7.62. The van der Waals surface area contributed by atoms with E-state index in [0.717, 1.165) is 43.0 Å². The molecule has 3 aromatic heterocycles. The number of carboxylic acids is 1. The third kappa shape index (κ3) is 13.2. The largest absolute Gasteiger partial charge is 0.476 e. The second-order valence-corrected chi connectivity index (χ2v) is 24.4. The van der Waals surface area contributed by atoms with Gasteiger partial charge >= 0.3 is 12.1 Å². The van der Waals surface area contributed by atoms with E-state index < -0.39 is 78.3 Å². The molecule has 0 unspecified atom stereocenters. The Hall–Kier alpha value is -8.53. The summed E-state index contributed by atoms with van der Waals surface area (Å²) in [7, 11) is 0. The number of pyridine rings is 1. The van der Waals surface area contributed by atoms with E-state index in [-0.39, 0.29) is 35.9 Å². The molecule has 4 amide bonds. The Morgan fingerprint density at radius 1 is 0.835 bits per heavy atom. The smallest absolute Gasteiger partial charge is 0.395 e. The molecule has 1 saturated heterocycles. The van der Waals surface area contributed by atoms with Crippen molar-refractivity contribution in [3.63, 3.8) is 0 Å². The van der Waals surface area contributed by atoms with Crippen LogP contribution in [0.1, 0.15) is 113 Å². The first-order valence-electron chi connectivity index (χ1n) is 27.8. The van der Waals surface area contributed by atoms with Crippen molar-refractivity contribution in [1.29, 1.82) is 0 Å². The summed E-state index contributed by atoms with van der Waals surface area (Å²) < 4.78 is 51.7. The Morgan fingerprint density at radius 3 is 2.26 bits per heavy atom. The molecule has 0 radical (unpaired) electrons. The van der Waals surface area contributed by atoms with Crippen LogP contribution in [0.2, 0.25) is 0 Å². The number of fused-ring (bicyclic) bond motifs is 2. The second-order valence-electron chi connectivity index (χ2n) is 22.5. The standard InChI is InChI=1S/C64H63F3N8O8S2/c1-35-44(45-25-27-53(71-55(45)61(81)82)74-30-29-39-11-9-13-46(47(39)33-74)58(78)73-62-70-49-14-7-8-16-52(49)85-62)12-10-15-51(35)83-43-23-21-40(22-24-43)48(64(65,66)67)26-28-54(77)72-57(63(4,5)6)60(80)75-32-42(76)31-50(75)59(79)69-36(2)38-17-19-41(20-18-38)56-37(3)68-34-84-56/h7-25,27,34,36,42,48,50,57,76H,26,28-33H2,1-6H3,(H,69,79)(H,72,77)(H,81,82)(H,70,73,78)/t36-,42+,48+,50-,57+/m0/s1. The number of rotatable bonds is 17. The molecular weight excluding hydrogens is 1130 g/mol. The normalized spacial score (nSPS) is 16.3.